The lowest BCUT2D eigenvalue weighted by molar-refractivity contribution is -0.133. The highest BCUT2D eigenvalue weighted by Crippen LogP contribution is 2.27. The summed E-state index contributed by atoms with van der Waals surface area (Å²) in [5.74, 6) is 0.309. The van der Waals surface area contributed by atoms with Crippen LogP contribution in [0.25, 0.3) is 10.8 Å². The Hall–Kier alpha value is -2.34. The van der Waals surface area contributed by atoms with Crippen LogP contribution in [-0.4, -0.2) is 51.7 Å². The maximum Gasteiger partial charge on any atom is 0.289 e. The molecule has 140 valence electrons. The third kappa shape index (κ3) is 3.72. The zero-order chi connectivity index (χ0) is 18.8. The van der Waals surface area contributed by atoms with Crippen molar-refractivity contribution in [3.63, 3.8) is 0 Å². The van der Waals surface area contributed by atoms with Crippen molar-refractivity contribution in [2.24, 2.45) is 0 Å². The molecule has 2 aromatic rings. The molecule has 0 N–H and O–H groups in total. The molecule has 27 heavy (non-hydrogen) atoms. The molecule has 0 saturated carbocycles. The molecule has 0 atom stereocenters. The Morgan fingerprint density at radius 3 is 2.52 bits per heavy atom. The van der Waals surface area contributed by atoms with Gasteiger partial charge in [-0.2, -0.15) is 0 Å². The molecule has 5 nitrogen and oxygen atoms in total. The number of likely N-dealkylation sites (tertiary alicyclic amines) is 1. The number of fused-ring (bicyclic) bond motifs is 1. The Morgan fingerprint density at radius 2 is 1.78 bits per heavy atom. The SMILES string of the molecule is O=C(CCc1cccc2ccccc12)N1CCC(N2C(=O)CSC2=O)CC1. The van der Waals surface area contributed by atoms with Crippen molar-refractivity contribution in [3.05, 3.63) is 48.0 Å². The summed E-state index contributed by atoms with van der Waals surface area (Å²) in [4.78, 5) is 39.6. The standard InChI is InChI=1S/C21H22N2O3S/c24-19(9-8-16-6-3-5-15-4-1-2-7-18(15)16)22-12-10-17(11-13-22)23-20(25)14-27-21(23)26/h1-7,17H,8-14H2. The fraction of sp³-hybridized carbons (Fsp3) is 0.381. The topological polar surface area (TPSA) is 57.7 Å². The van der Waals surface area contributed by atoms with E-state index in [4.69, 9.17) is 0 Å². The molecule has 0 unspecified atom stereocenters. The Bertz CT molecular complexity index is 869. The van der Waals surface area contributed by atoms with Crippen molar-refractivity contribution in [2.75, 3.05) is 18.8 Å². The van der Waals surface area contributed by atoms with E-state index in [0.29, 0.717) is 32.4 Å². The van der Waals surface area contributed by atoms with Gasteiger partial charge in [0.05, 0.1) is 5.75 Å². The average Bonchev–Trinajstić information content (AvgIpc) is 3.04. The van der Waals surface area contributed by atoms with Crippen LogP contribution >= 0.6 is 11.8 Å². The Labute approximate surface area is 162 Å². The first-order valence-corrected chi connectivity index (χ1v) is 10.4. The first-order valence-electron chi connectivity index (χ1n) is 9.37. The summed E-state index contributed by atoms with van der Waals surface area (Å²) in [6, 6.07) is 14.4. The van der Waals surface area contributed by atoms with Crippen LogP contribution in [-0.2, 0) is 16.0 Å². The van der Waals surface area contributed by atoms with Gasteiger partial charge in [0.2, 0.25) is 11.8 Å². The number of carbonyl (C=O) groups excluding carboxylic acids is 3. The zero-order valence-corrected chi connectivity index (χ0v) is 15.9. The minimum atomic E-state index is -0.138. The molecule has 4 rings (SSSR count). The predicted molar refractivity (Wildman–Crippen MR) is 107 cm³/mol. The maximum absolute atomic E-state index is 12.6. The van der Waals surface area contributed by atoms with Crippen LogP contribution in [0.1, 0.15) is 24.8 Å². The van der Waals surface area contributed by atoms with Gasteiger partial charge in [-0.15, -0.1) is 0 Å². The molecular formula is C21H22N2O3S. The summed E-state index contributed by atoms with van der Waals surface area (Å²) in [6.45, 7) is 1.22. The van der Waals surface area contributed by atoms with Crippen molar-refractivity contribution < 1.29 is 14.4 Å². The molecule has 2 aliphatic rings. The number of hydrogen-bond donors (Lipinski definition) is 0. The van der Waals surface area contributed by atoms with Crippen molar-refractivity contribution in [1.29, 1.82) is 0 Å². The van der Waals surface area contributed by atoms with Crippen LogP contribution in [0.2, 0.25) is 0 Å². The molecule has 0 aromatic heterocycles. The lowest BCUT2D eigenvalue weighted by Crippen LogP contribution is -2.48. The fourth-order valence-corrected chi connectivity index (χ4v) is 4.78. The van der Waals surface area contributed by atoms with Crippen molar-refractivity contribution in [3.8, 4) is 0 Å². The lowest BCUT2D eigenvalue weighted by Gasteiger charge is -2.35. The number of hydrogen-bond acceptors (Lipinski definition) is 4. The van der Waals surface area contributed by atoms with Crippen molar-refractivity contribution >= 4 is 39.6 Å². The number of carbonyl (C=O) groups is 3. The van der Waals surface area contributed by atoms with Crippen LogP contribution in [0.15, 0.2) is 42.5 Å². The summed E-state index contributed by atoms with van der Waals surface area (Å²) >= 11 is 1.08. The van der Waals surface area contributed by atoms with Crippen LogP contribution in [0.5, 0.6) is 0 Å². The molecule has 2 aliphatic heterocycles. The van der Waals surface area contributed by atoms with E-state index < -0.39 is 0 Å². The predicted octanol–water partition coefficient (Wildman–Crippen LogP) is 3.46. The van der Waals surface area contributed by atoms with E-state index in [2.05, 4.69) is 24.3 Å². The van der Waals surface area contributed by atoms with Gasteiger partial charge in [-0.25, -0.2) is 0 Å². The number of piperidine rings is 1. The van der Waals surface area contributed by atoms with Crippen LogP contribution in [0.3, 0.4) is 0 Å². The second-order valence-corrected chi connectivity index (χ2v) is 8.00. The summed E-state index contributed by atoms with van der Waals surface area (Å²) in [7, 11) is 0. The first kappa shape index (κ1) is 18.0. The highest BCUT2D eigenvalue weighted by atomic mass is 32.2. The number of rotatable bonds is 4. The van der Waals surface area contributed by atoms with E-state index in [-0.39, 0.29) is 28.8 Å². The van der Waals surface area contributed by atoms with E-state index in [0.717, 1.165) is 18.2 Å². The minimum absolute atomic E-state index is 0.0536. The third-order valence-corrected chi connectivity index (χ3v) is 6.29. The van der Waals surface area contributed by atoms with Crippen LogP contribution < -0.4 is 0 Å². The van der Waals surface area contributed by atoms with Gasteiger partial charge in [0.15, 0.2) is 0 Å². The Kier molecular flexibility index (Phi) is 5.16. The van der Waals surface area contributed by atoms with E-state index >= 15 is 0 Å². The van der Waals surface area contributed by atoms with Gasteiger partial charge >= 0.3 is 0 Å². The minimum Gasteiger partial charge on any atom is -0.343 e. The molecule has 0 bridgehead atoms. The molecule has 0 radical (unpaired) electrons. The normalized spacial score (nSPS) is 18.5. The molecule has 3 amide bonds. The monoisotopic (exact) mass is 382 g/mol. The summed E-state index contributed by atoms with van der Waals surface area (Å²) in [5, 5.41) is 2.26. The second-order valence-electron chi connectivity index (χ2n) is 7.07. The Morgan fingerprint density at radius 1 is 1.04 bits per heavy atom. The zero-order valence-electron chi connectivity index (χ0n) is 15.1. The van der Waals surface area contributed by atoms with E-state index in [1.165, 1.54) is 21.2 Å². The van der Waals surface area contributed by atoms with Gasteiger partial charge in [0.1, 0.15) is 0 Å². The van der Waals surface area contributed by atoms with Gasteiger partial charge in [-0.3, -0.25) is 19.3 Å². The van der Waals surface area contributed by atoms with E-state index in [1.54, 1.807) is 0 Å². The number of thioether (sulfide) groups is 1. The second kappa shape index (κ2) is 7.72. The molecule has 0 aliphatic carbocycles. The highest BCUT2D eigenvalue weighted by Gasteiger charge is 2.37. The lowest BCUT2D eigenvalue weighted by atomic mass is 9.99. The van der Waals surface area contributed by atoms with E-state index in [9.17, 15) is 14.4 Å². The molecule has 2 saturated heterocycles. The number of amides is 3. The quantitative estimate of drug-likeness (QED) is 0.813. The third-order valence-electron chi connectivity index (χ3n) is 5.45. The first-order chi connectivity index (χ1) is 13.1. The number of benzene rings is 2. The van der Waals surface area contributed by atoms with Crippen LogP contribution in [0.4, 0.5) is 4.79 Å². The maximum atomic E-state index is 12.6. The molecule has 2 heterocycles. The van der Waals surface area contributed by atoms with Crippen molar-refractivity contribution in [2.45, 2.75) is 31.7 Å². The van der Waals surface area contributed by atoms with Crippen molar-refractivity contribution in [1.82, 2.24) is 9.80 Å². The average molecular weight is 382 g/mol. The van der Waals surface area contributed by atoms with Gasteiger partial charge in [0, 0.05) is 25.6 Å². The molecular weight excluding hydrogens is 360 g/mol. The largest absolute Gasteiger partial charge is 0.343 e. The Balaban J connectivity index is 1.33. The smallest absolute Gasteiger partial charge is 0.289 e. The highest BCUT2D eigenvalue weighted by molar-refractivity contribution is 8.14. The number of aryl methyl sites for hydroxylation is 1. The van der Waals surface area contributed by atoms with Crippen LogP contribution in [0, 0.1) is 0 Å². The van der Waals surface area contributed by atoms with Gasteiger partial charge < -0.3 is 4.90 Å². The fourth-order valence-electron chi connectivity index (χ4n) is 4.00. The van der Waals surface area contributed by atoms with Gasteiger partial charge in [0.25, 0.3) is 5.24 Å². The van der Waals surface area contributed by atoms with Gasteiger partial charge in [-0.05, 0) is 35.6 Å². The molecule has 6 heteroatoms. The summed E-state index contributed by atoms with van der Waals surface area (Å²) in [5.41, 5.74) is 1.20. The number of imide groups is 1. The van der Waals surface area contributed by atoms with Gasteiger partial charge in [-0.1, -0.05) is 54.2 Å². The molecule has 2 fully saturated rings. The summed E-state index contributed by atoms with van der Waals surface area (Å²) in [6.07, 6.45) is 2.56. The summed E-state index contributed by atoms with van der Waals surface area (Å²) < 4.78 is 0. The molecule has 2 aromatic carbocycles. The number of nitrogens with zero attached hydrogens (tertiary/aromatic N) is 2. The molecule has 0 spiro atoms. The van der Waals surface area contributed by atoms with E-state index in [1.807, 2.05) is 23.1 Å².